The molecule has 124 valence electrons. The minimum atomic E-state index is -0.775. The van der Waals surface area contributed by atoms with E-state index in [1.165, 1.54) is 4.90 Å². The second-order valence-corrected chi connectivity index (χ2v) is 5.57. The van der Waals surface area contributed by atoms with Gasteiger partial charge in [0.25, 0.3) is 5.96 Å². The van der Waals surface area contributed by atoms with E-state index in [1.807, 2.05) is 6.92 Å². The van der Waals surface area contributed by atoms with Gasteiger partial charge in [0.2, 0.25) is 0 Å². The summed E-state index contributed by atoms with van der Waals surface area (Å²) in [5.74, 6) is 0.368. The van der Waals surface area contributed by atoms with Crippen LogP contribution in [-0.4, -0.2) is 65.8 Å². The van der Waals surface area contributed by atoms with Crippen LogP contribution in [0.3, 0.4) is 0 Å². The van der Waals surface area contributed by atoms with Crippen molar-refractivity contribution in [2.45, 2.75) is 32.8 Å². The number of nitro groups is 1. The van der Waals surface area contributed by atoms with Gasteiger partial charge in [0, 0.05) is 25.6 Å². The first-order chi connectivity index (χ1) is 10.5. The van der Waals surface area contributed by atoms with E-state index in [0.717, 1.165) is 6.42 Å². The van der Waals surface area contributed by atoms with Crippen molar-refractivity contribution in [1.29, 1.82) is 0 Å². The van der Waals surface area contributed by atoms with Gasteiger partial charge in [-0.3, -0.25) is 0 Å². The number of hydrogen-bond acceptors (Lipinski definition) is 5. The average Bonchev–Trinajstić information content (AvgIpc) is 3.09. The molecule has 22 heavy (non-hydrogen) atoms. The Kier molecular flexibility index (Phi) is 5.53. The maximum absolute atomic E-state index is 12.1. The lowest BCUT2D eigenvalue weighted by atomic mass is 10.1. The molecular weight excluding hydrogens is 292 g/mol. The topological polar surface area (TPSA) is 97.5 Å². The van der Waals surface area contributed by atoms with E-state index in [2.05, 4.69) is 5.10 Å². The second-order valence-electron chi connectivity index (χ2n) is 5.57. The van der Waals surface area contributed by atoms with Crippen LogP contribution in [0.4, 0.5) is 4.79 Å². The highest BCUT2D eigenvalue weighted by Gasteiger charge is 2.37. The van der Waals surface area contributed by atoms with Gasteiger partial charge >= 0.3 is 6.09 Å². The molecule has 2 unspecified atom stereocenters. The number of nitrogens with zero attached hydrogens (tertiary/aromatic N) is 4. The highest BCUT2D eigenvalue weighted by Crippen LogP contribution is 2.19. The largest absolute Gasteiger partial charge is 0.446 e. The molecule has 0 aromatic carbocycles. The quantitative estimate of drug-likeness (QED) is 0.557. The van der Waals surface area contributed by atoms with Crippen molar-refractivity contribution in [3.63, 3.8) is 0 Å². The van der Waals surface area contributed by atoms with Crippen molar-refractivity contribution >= 4 is 12.1 Å². The number of hydrazone groups is 1. The van der Waals surface area contributed by atoms with Gasteiger partial charge in [0.15, 0.2) is 5.03 Å². The van der Waals surface area contributed by atoms with Gasteiger partial charge in [-0.25, -0.2) is 19.8 Å². The molecule has 0 saturated carbocycles. The van der Waals surface area contributed by atoms with Crippen LogP contribution in [0.1, 0.15) is 26.7 Å². The van der Waals surface area contributed by atoms with Crippen LogP contribution in [0.25, 0.3) is 0 Å². The van der Waals surface area contributed by atoms with E-state index in [1.54, 1.807) is 11.8 Å². The van der Waals surface area contributed by atoms with Gasteiger partial charge < -0.3 is 14.4 Å². The Balaban J connectivity index is 2.06. The first-order valence-electron chi connectivity index (χ1n) is 7.55. The molecule has 0 aromatic rings. The van der Waals surface area contributed by atoms with Crippen LogP contribution in [0, 0.1) is 16.0 Å². The summed E-state index contributed by atoms with van der Waals surface area (Å²) in [7, 11) is 0. The fraction of sp³-hybridized carbons (Fsp3) is 0.846. The van der Waals surface area contributed by atoms with Crippen LogP contribution in [0.15, 0.2) is 5.10 Å². The smallest absolute Gasteiger partial charge is 0.417 e. The zero-order chi connectivity index (χ0) is 16.1. The van der Waals surface area contributed by atoms with Crippen LogP contribution < -0.4 is 0 Å². The van der Waals surface area contributed by atoms with Crippen molar-refractivity contribution in [1.82, 2.24) is 9.80 Å². The monoisotopic (exact) mass is 314 g/mol. The third-order valence-electron chi connectivity index (χ3n) is 3.89. The molecule has 2 saturated heterocycles. The number of hydrogen-bond donors (Lipinski definition) is 0. The van der Waals surface area contributed by atoms with Gasteiger partial charge in [-0.15, -0.1) is 0 Å². The summed E-state index contributed by atoms with van der Waals surface area (Å²) in [4.78, 5) is 25.9. The van der Waals surface area contributed by atoms with E-state index >= 15 is 0 Å². The summed E-state index contributed by atoms with van der Waals surface area (Å²) in [6, 6.07) is 0. The Hall–Kier alpha value is -1.90. The van der Waals surface area contributed by atoms with Crippen molar-refractivity contribution in [2.24, 2.45) is 11.0 Å². The van der Waals surface area contributed by atoms with Gasteiger partial charge in [-0.1, -0.05) is 6.92 Å². The zero-order valence-electron chi connectivity index (χ0n) is 12.9. The molecule has 2 atom stereocenters. The fourth-order valence-corrected chi connectivity index (χ4v) is 2.49. The Morgan fingerprint density at radius 3 is 2.95 bits per heavy atom. The third-order valence-corrected chi connectivity index (χ3v) is 3.89. The van der Waals surface area contributed by atoms with Crippen molar-refractivity contribution in [3.05, 3.63) is 10.1 Å². The number of carbonyl (C=O) groups is 1. The predicted octanol–water partition coefficient (Wildman–Crippen LogP) is 1.12. The molecule has 0 spiro atoms. The lowest BCUT2D eigenvalue weighted by Crippen LogP contribution is -2.41. The lowest BCUT2D eigenvalue weighted by Gasteiger charge is -2.22. The molecule has 2 rings (SSSR count). The molecule has 0 N–H and O–H groups in total. The van der Waals surface area contributed by atoms with Gasteiger partial charge in [0.05, 0.1) is 13.2 Å². The molecule has 9 heteroatoms. The molecule has 2 aliphatic heterocycles. The number of guanidine groups is 1. The van der Waals surface area contributed by atoms with Gasteiger partial charge in [-0.05, 0) is 19.8 Å². The molecule has 0 bridgehead atoms. The summed E-state index contributed by atoms with van der Waals surface area (Å²) >= 11 is 0. The molecule has 2 aliphatic rings. The average molecular weight is 314 g/mol. The maximum atomic E-state index is 12.1. The number of carbonyl (C=O) groups excluding carboxylic acids is 1. The van der Waals surface area contributed by atoms with Crippen LogP contribution in [-0.2, 0) is 9.47 Å². The molecule has 0 aliphatic carbocycles. The van der Waals surface area contributed by atoms with Crippen LogP contribution in [0.5, 0.6) is 0 Å². The minimum Gasteiger partial charge on any atom is -0.446 e. The standard InChI is InChI=1S/C13H22N4O5/c1-3-10(2)22-13(18)16-6-5-15(12(16)14-17(19)20)8-11-4-7-21-9-11/h10-11H,3-9H2,1-2H3. The molecule has 9 nitrogen and oxygen atoms in total. The van der Waals surface area contributed by atoms with Crippen LogP contribution in [0.2, 0.25) is 0 Å². The number of ether oxygens (including phenoxy) is 2. The molecule has 0 radical (unpaired) electrons. The Labute approximate surface area is 129 Å². The second kappa shape index (κ2) is 7.39. The molecule has 0 aromatic heterocycles. The first-order valence-corrected chi connectivity index (χ1v) is 7.55. The molecular formula is C13H22N4O5. The normalized spacial score (nSPS) is 24.8. The summed E-state index contributed by atoms with van der Waals surface area (Å²) < 4.78 is 10.6. The fourth-order valence-electron chi connectivity index (χ4n) is 2.49. The summed E-state index contributed by atoms with van der Waals surface area (Å²) in [6.45, 7) is 6.49. The van der Waals surface area contributed by atoms with Gasteiger partial charge in [0.1, 0.15) is 11.2 Å². The predicted molar refractivity (Wildman–Crippen MR) is 77.9 cm³/mol. The summed E-state index contributed by atoms with van der Waals surface area (Å²) in [5.41, 5.74) is 0. The minimum absolute atomic E-state index is 0.0604. The van der Waals surface area contributed by atoms with Crippen LogP contribution >= 0.6 is 0 Å². The highest BCUT2D eigenvalue weighted by atomic mass is 16.7. The number of amides is 1. The van der Waals surface area contributed by atoms with E-state index in [-0.39, 0.29) is 12.1 Å². The first kappa shape index (κ1) is 16.5. The van der Waals surface area contributed by atoms with Crippen molar-refractivity contribution in [2.75, 3.05) is 32.8 Å². The summed E-state index contributed by atoms with van der Waals surface area (Å²) in [5, 5.41) is 13.4. The Morgan fingerprint density at radius 1 is 1.59 bits per heavy atom. The van der Waals surface area contributed by atoms with Gasteiger partial charge in [-0.2, -0.15) is 0 Å². The lowest BCUT2D eigenvalue weighted by molar-refractivity contribution is -0.486. The SMILES string of the molecule is CCC(C)OC(=O)N1CCN(CC2CCOC2)C1=N[N+](=O)[O-]. The molecule has 2 fully saturated rings. The van der Waals surface area contributed by atoms with E-state index in [0.29, 0.717) is 45.2 Å². The summed E-state index contributed by atoms with van der Waals surface area (Å²) in [6.07, 6.45) is 0.783. The Morgan fingerprint density at radius 2 is 2.36 bits per heavy atom. The number of rotatable bonds is 5. The van der Waals surface area contributed by atoms with Crippen molar-refractivity contribution in [3.8, 4) is 0 Å². The van der Waals surface area contributed by atoms with Crippen molar-refractivity contribution < 1.29 is 19.3 Å². The van der Waals surface area contributed by atoms with E-state index < -0.39 is 11.1 Å². The molecule has 2 heterocycles. The Bertz CT molecular complexity index is 450. The van der Waals surface area contributed by atoms with E-state index in [9.17, 15) is 14.9 Å². The van der Waals surface area contributed by atoms with E-state index in [4.69, 9.17) is 9.47 Å². The maximum Gasteiger partial charge on any atom is 0.417 e. The zero-order valence-corrected chi connectivity index (χ0v) is 12.9. The molecule has 1 amide bonds. The highest BCUT2D eigenvalue weighted by molar-refractivity contribution is 5.95. The third kappa shape index (κ3) is 4.06.